The van der Waals surface area contributed by atoms with Gasteiger partial charge in [-0.25, -0.2) is 9.59 Å². The monoisotopic (exact) mass is 433 g/mol. The van der Waals surface area contributed by atoms with Crippen molar-refractivity contribution in [2.24, 2.45) is 0 Å². The maximum atomic E-state index is 12.0. The second kappa shape index (κ2) is 9.11. The Balaban J connectivity index is 1.63. The third kappa shape index (κ3) is 4.78. The van der Waals surface area contributed by atoms with Crippen molar-refractivity contribution in [1.29, 1.82) is 0 Å². The summed E-state index contributed by atoms with van der Waals surface area (Å²) in [6.45, 7) is 2.72. The molecule has 0 aromatic heterocycles. The van der Waals surface area contributed by atoms with Gasteiger partial charge < -0.3 is 25.0 Å². The van der Waals surface area contributed by atoms with Crippen molar-refractivity contribution in [2.75, 3.05) is 43.5 Å². The number of halogens is 1. The Morgan fingerprint density at radius 1 is 1.10 bits per heavy atom. The van der Waals surface area contributed by atoms with Crippen LogP contribution in [-0.4, -0.2) is 60.3 Å². The molecule has 1 aliphatic heterocycles. The number of hydrogen-bond acceptors (Lipinski definition) is 5. The SMILES string of the molecule is COC(=O)c1ccccc1N1CCN(C(=S)Nc2ccc(C(=O)O)c(Cl)c2)CC1. The Kier molecular flexibility index (Phi) is 6.56. The molecule has 1 aliphatic rings. The highest BCUT2D eigenvalue weighted by Crippen LogP contribution is 2.24. The molecule has 9 heteroatoms. The number of carbonyl (C=O) groups is 2. The van der Waals surface area contributed by atoms with Gasteiger partial charge in [0.1, 0.15) is 0 Å². The number of carboxylic acids is 1. The fraction of sp³-hybridized carbons (Fsp3) is 0.250. The zero-order valence-electron chi connectivity index (χ0n) is 15.7. The molecular formula is C20H20ClN3O4S. The number of esters is 1. The molecule has 0 unspecified atom stereocenters. The first-order chi connectivity index (χ1) is 13.9. The molecule has 7 nitrogen and oxygen atoms in total. The number of hydrogen-bond donors (Lipinski definition) is 2. The number of methoxy groups -OCH3 is 1. The van der Waals surface area contributed by atoms with Crippen LogP contribution in [0.1, 0.15) is 20.7 Å². The third-order valence-corrected chi connectivity index (χ3v) is 5.34. The lowest BCUT2D eigenvalue weighted by Crippen LogP contribution is -2.50. The lowest BCUT2D eigenvalue weighted by Gasteiger charge is -2.38. The molecule has 0 aliphatic carbocycles. The minimum atomic E-state index is -1.08. The van der Waals surface area contributed by atoms with Crippen molar-refractivity contribution in [2.45, 2.75) is 0 Å². The maximum absolute atomic E-state index is 12.0. The Labute approximate surface area is 178 Å². The van der Waals surface area contributed by atoms with E-state index < -0.39 is 5.97 Å². The van der Waals surface area contributed by atoms with Gasteiger partial charge in [0.25, 0.3) is 0 Å². The predicted molar refractivity (Wildman–Crippen MR) is 116 cm³/mol. The number of anilines is 2. The number of ether oxygens (including phenoxy) is 1. The number of piperazine rings is 1. The molecule has 0 spiro atoms. The van der Waals surface area contributed by atoms with E-state index in [1.165, 1.54) is 13.2 Å². The normalized spacial score (nSPS) is 13.7. The summed E-state index contributed by atoms with van der Waals surface area (Å²) in [6.07, 6.45) is 0. The van der Waals surface area contributed by atoms with Crippen LogP contribution < -0.4 is 10.2 Å². The quantitative estimate of drug-likeness (QED) is 0.561. The first-order valence-electron chi connectivity index (χ1n) is 8.91. The molecular weight excluding hydrogens is 414 g/mol. The number of carboxylic acid groups (broad SMARTS) is 1. The van der Waals surface area contributed by atoms with Crippen LogP contribution >= 0.6 is 23.8 Å². The molecule has 2 aromatic rings. The number of nitrogens with one attached hydrogen (secondary N) is 1. The van der Waals surface area contributed by atoms with Gasteiger partial charge in [0.15, 0.2) is 5.11 Å². The highest BCUT2D eigenvalue weighted by atomic mass is 35.5. The largest absolute Gasteiger partial charge is 0.478 e. The summed E-state index contributed by atoms with van der Waals surface area (Å²) in [5.41, 5.74) is 2.05. The lowest BCUT2D eigenvalue weighted by atomic mass is 10.1. The van der Waals surface area contributed by atoms with Gasteiger partial charge in [0, 0.05) is 31.9 Å². The van der Waals surface area contributed by atoms with Crippen molar-refractivity contribution < 1.29 is 19.4 Å². The highest BCUT2D eigenvalue weighted by Gasteiger charge is 2.23. The van der Waals surface area contributed by atoms with Crippen LogP contribution in [-0.2, 0) is 4.74 Å². The highest BCUT2D eigenvalue weighted by molar-refractivity contribution is 7.80. The minimum absolute atomic E-state index is 0.0426. The van der Waals surface area contributed by atoms with E-state index in [1.807, 2.05) is 23.1 Å². The third-order valence-electron chi connectivity index (χ3n) is 4.67. The molecule has 2 N–H and O–H groups in total. The van der Waals surface area contributed by atoms with Crippen LogP contribution in [0.2, 0.25) is 5.02 Å². The summed E-state index contributed by atoms with van der Waals surface area (Å²) in [5.74, 6) is -1.44. The van der Waals surface area contributed by atoms with E-state index in [-0.39, 0.29) is 16.6 Å². The zero-order valence-corrected chi connectivity index (χ0v) is 17.3. The predicted octanol–water partition coefficient (Wildman–Crippen LogP) is 3.34. The molecule has 0 atom stereocenters. The fourth-order valence-corrected chi connectivity index (χ4v) is 3.71. The van der Waals surface area contributed by atoms with Gasteiger partial charge in [0.2, 0.25) is 0 Å². The Morgan fingerprint density at radius 3 is 2.41 bits per heavy atom. The van der Waals surface area contributed by atoms with Gasteiger partial charge >= 0.3 is 11.9 Å². The zero-order chi connectivity index (χ0) is 21.0. The van der Waals surface area contributed by atoms with Crippen LogP contribution in [0.25, 0.3) is 0 Å². The molecule has 1 fully saturated rings. The van der Waals surface area contributed by atoms with Crippen LogP contribution in [0.5, 0.6) is 0 Å². The Hall–Kier alpha value is -2.84. The fourth-order valence-electron chi connectivity index (χ4n) is 3.15. The van der Waals surface area contributed by atoms with Crippen molar-refractivity contribution >= 4 is 52.2 Å². The average Bonchev–Trinajstić information content (AvgIpc) is 2.73. The van der Waals surface area contributed by atoms with Crippen LogP contribution in [0, 0.1) is 0 Å². The van der Waals surface area contributed by atoms with E-state index in [0.29, 0.717) is 42.5 Å². The number of carbonyl (C=O) groups excluding carboxylic acids is 1. The van der Waals surface area contributed by atoms with Crippen LogP contribution in [0.15, 0.2) is 42.5 Å². The number of benzene rings is 2. The van der Waals surface area contributed by atoms with Crippen LogP contribution in [0.3, 0.4) is 0 Å². The minimum Gasteiger partial charge on any atom is -0.478 e. The smallest absolute Gasteiger partial charge is 0.339 e. The van der Waals surface area contributed by atoms with E-state index in [2.05, 4.69) is 10.2 Å². The van der Waals surface area contributed by atoms with E-state index in [1.54, 1.807) is 18.2 Å². The summed E-state index contributed by atoms with van der Waals surface area (Å²) in [4.78, 5) is 27.2. The molecule has 29 heavy (non-hydrogen) atoms. The molecule has 0 saturated carbocycles. The molecule has 0 amide bonds. The van der Waals surface area contributed by atoms with Gasteiger partial charge in [-0.15, -0.1) is 0 Å². The molecule has 2 aromatic carbocycles. The standard InChI is InChI=1S/C20H20ClN3O4S/c1-28-19(27)15-4-2-3-5-17(15)23-8-10-24(11-9-23)20(29)22-13-6-7-14(18(25)26)16(21)12-13/h2-7,12H,8-11H2,1H3,(H,22,29)(H,25,26). The molecule has 3 rings (SSSR count). The number of nitrogens with zero attached hydrogens (tertiary/aromatic N) is 2. The number of rotatable bonds is 4. The van der Waals surface area contributed by atoms with E-state index >= 15 is 0 Å². The Bertz CT molecular complexity index is 945. The van der Waals surface area contributed by atoms with Gasteiger partial charge in [-0.2, -0.15) is 0 Å². The summed E-state index contributed by atoms with van der Waals surface area (Å²) in [6, 6.07) is 12.0. The van der Waals surface area contributed by atoms with Crippen molar-refractivity contribution in [3.05, 3.63) is 58.6 Å². The molecule has 0 radical (unpaired) electrons. The van der Waals surface area contributed by atoms with Crippen molar-refractivity contribution in [3.63, 3.8) is 0 Å². The summed E-state index contributed by atoms with van der Waals surface area (Å²) in [7, 11) is 1.37. The first-order valence-corrected chi connectivity index (χ1v) is 9.70. The Morgan fingerprint density at radius 2 is 1.79 bits per heavy atom. The second-order valence-corrected chi connectivity index (χ2v) is 7.21. The van der Waals surface area contributed by atoms with Gasteiger partial charge in [-0.1, -0.05) is 23.7 Å². The first kappa shape index (κ1) is 20.9. The van der Waals surface area contributed by atoms with Gasteiger partial charge in [0.05, 0.1) is 28.9 Å². The summed E-state index contributed by atoms with van der Waals surface area (Å²) in [5, 5.41) is 12.8. The van der Waals surface area contributed by atoms with E-state index in [4.69, 9.17) is 33.7 Å². The lowest BCUT2D eigenvalue weighted by molar-refractivity contribution is 0.0600. The van der Waals surface area contributed by atoms with Gasteiger partial charge in [-0.05, 0) is 42.5 Å². The topological polar surface area (TPSA) is 82.1 Å². The molecule has 0 bridgehead atoms. The molecule has 1 heterocycles. The van der Waals surface area contributed by atoms with Crippen molar-refractivity contribution in [3.8, 4) is 0 Å². The van der Waals surface area contributed by atoms with E-state index in [9.17, 15) is 9.59 Å². The molecule has 152 valence electrons. The number of thiocarbonyl (C=S) groups is 1. The number of para-hydroxylation sites is 1. The maximum Gasteiger partial charge on any atom is 0.339 e. The summed E-state index contributed by atoms with van der Waals surface area (Å²) >= 11 is 11.5. The molecule has 1 saturated heterocycles. The van der Waals surface area contributed by atoms with Crippen molar-refractivity contribution in [1.82, 2.24) is 4.90 Å². The average molecular weight is 434 g/mol. The second-order valence-electron chi connectivity index (χ2n) is 6.41. The van der Waals surface area contributed by atoms with Crippen LogP contribution in [0.4, 0.5) is 11.4 Å². The van der Waals surface area contributed by atoms with E-state index in [0.717, 1.165) is 5.69 Å². The number of aromatic carboxylic acids is 1. The summed E-state index contributed by atoms with van der Waals surface area (Å²) < 4.78 is 4.87. The van der Waals surface area contributed by atoms with Gasteiger partial charge in [-0.3, -0.25) is 0 Å².